The van der Waals surface area contributed by atoms with E-state index in [1.54, 1.807) is 14.2 Å². The summed E-state index contributed by atoms with van der Waals surface area (Å²) < 4.78 is 10.6. The van der Waals surface area contributed by atoms with Crippen LogP contribution >= 0.6 is 0 Å². The molecular weight excluding hydrogens is 274 g/mol. The molecule has 2 aromatic carbocycles. The third-order valence-electron chi connectivity index (χ3n) is 3.63. The Labute approximate surface area is 132 Å². The van der Waals surface area contributed by atoms with E-state index in [0.717, 1.165) is 30.0 Å². The van der Waals surface area contributed by atoms with Gasteiger partial charge in [-0.1, -0.05) is 42.5 Å². The molecule has 0 aliphatic rings. The Kier molecular flexibility index (Phi) is 6.04. The summed E-state index contributed by atoms with van der Waals surface area (Å²) in [5.74, 6) is 1.62. The first kappa shape index (κ1) is 16.1. The summed E-state index contributed by atoms with van der Waals surface area (Å²) in [5, 5.41) is 3.51. The summed E-state index contributed by atoms with van der Waals surface area (Å²) in [7, 11) is 3.33. The van der Waals surface area contributed by atoms with E-state index in [-0.39, 0.29) is 6.04 Å². The average molecular weight is 297 g/mol. The van der Waals surface area contributed by atoms with Crippen molar-refractivity contribution in [2.24, 2.45) is 0 Å². The molecule has 1 atom stereocenters. The topological polar surface area (TPSA) is 30.5 Å². The van der Waals surface area contributed by atoms with Crippen molar-refractivity contribution in [3.8, 4) is 11.5 Å². The van der Waals surface area contributed by atoms with E-state index in [4.69, 9.17) is 9.47 Å². The molecule has 2 aromatic rings. The minimum atomic E-state index is 0.217. The Morgan fingerprint density at radius 2 is 1.86 bits per heavy atom. The van der Waals surface area contributed by atoms with Crippen LogP contribution in [0.15, 0.2) is 61.2 Å². The molecule has 0 radical (unpaired) electrons. The molecule has 3 heteroatoms. The fourth-order valence-electron chi connectivity index (χ4n) is 2.35. The highest BCUT2D eigenvalue weighted by Gasteiger charge is 2.09. The van der Waals surface area contributed by atoms with Gasteiger partial charge in [0.15, 0.2) is 0 Å². The Hall–Kier alpha value is -2.26. The van der Waals surface area contributed by atoms with Crippen LogP contribution in [-0.2, 0) is 13.0 Å². The van der Waals surface area contributed by atoms with Crippen molar-refractivity contribution in [1.29, 1.82) is 0 Å². The minimum Gasteiger partial charge on any atom is -0.497 e. The third kappa shape index (κ3) is 4.37. The van der Waals surface area contributed by atoms with Gasteiger partial charge in [-0.15, -0.1) is 6.58 Å². The number of methoxy groups -OCH3 is 2. The van der Waals surface area contributed by atoms with Crippen LogP contribution in [0.2, 0.25) is 0 Å². The van der Waals surface area contributed by atoms with Crippen molar-refractivity contribution in [2.45, 2.75) is 19.0 Å². The lowest BCUT2D eigenvalue weighted by Crippen LogP contribution is -2.28. The van der Waals surface area contributed by atoms with Gasteiger partial charge in [-0.2, -0.15) is 0 Å². The average Bonchev–Trinajstić information content (AvgIpc) is 2.59. The highest BCUT2D eigenvalue weighted by molar-refractivity contribution is 5.40. The number of hydrogen-bond donors (Lipinski definition) is 1. The zero-order chi connectivity index (χ0) is 15.8. The quantitative estimate of drug-likeness (QED) is 0.755. The highest BCUT2D eigenvalue weighted by atomic mass is 16.5. The Balaban J connectivity index is 2.00. The van der Waals surface area contributed by atoms with Crippen molar-refractivity contribution in [2.75, 3.05) is 14.2 Å². The van der Waals surface area contributed by atoms with E-state index in [1.165, 1.54) is 5.56 Å². The fourth-order valence-corrected chi connectivity index (χ4v) is 2.35. The first-order valence-electron chi connectivity index (χ1n) is 7.37. The molecule has 0 aromatic heterocycles. The molecule has 1 N–H and O–H groups in total. The Morgan fingerprint density at radius 3 is 2.50 bits per heavy atom. The maximum atomic E-state index is 5.43. The predicted octanol–water partition coefficient (Wildman–Crippen LogP) is 3.59. The molecule has 0 amide bonds. The largest absolute Gasteiger partial charge is 0.497 e. The maximum absolute atomic E-state index is 5.43. The van der Waals surface area contributed by atoms with E-state index in [9.17, 15) is 0 Å². The van der Waals surface area contributed by atoms with Crippen molar-refractivity contribution >= 4 is 0 Å². The smallest absolute Gasteiger partial charge is 0.127 e. The van der Waals surface area contributed by atoms with Gasteiger partial charge >= 0.3 is 0 Å². The molecular formula is C19H23NO2. The summed E-state index contributed by atoms with van der Waals surface area (Å²) in [5.41, 5.74) is 2.39. The lowest BCUT2D eigenvalue weighted by molar-refractivity contribution is 0.389. The summed E-state index contributed by atoms with van der Waals surface area (Å²) in [6.07, 6.45) is 2.87. The van der Waals surface area contributed by atoms with Gasteiger partial charge in [0, 0.05) is 24.2 Å². The zero-order valence-electron chi connectivity index (χ0n) is 13.2. The van der Waals surface area contributed by atoms with Gasteiger partial charge in [0.05, 0.1) is 14.2 Å². The molecule has 0 heterocycles. The van der Waals surface area contributed by atoms with Gasteiger partial charge in [-0.25, -0.2) is 0 Å². The lowest BCUT2D eigenvalue weighted by Gasteiger charge is -2.17. The second kappa shape index (κ2) is 8.25. The van der Waals surface area contributed by atoms with E-state index >= 15 is 0 Å². The van der Waals surface area contributed by atoms with Crippen molar-refractivity contribution < 1.29 is 9.47 Å². The van der Waals surface area contributed by atoms with Crippen molar-refractivity contribution in [3.63, 3.8) is 0 Å². The van der Waals surface area contributed by atoms with E-state index in [2.05, 4.69) is 36.2 Å². The van der Waals surface area contributed by atoms with Gasteiger partial charge in [0.25, 0.3) is 0 Å². The highest BCUT2D eigenvalue weighted by Crippen LogP contribution is 2.24. The first-order valence-corrected chi connectivity index (χ1v) is 7.37. The molecule has 0 saturated carbocycles. The van der Waals surface area contributed by atoms with E-state index < -0.39 is 0 Å². The van der Waals surface area contributed by atoms with Crippen LogP contribution in [0.25, 0.3) is 0 Å². The molecule has 0 unspecified atom stereocenters. The molecule has 0 aliphatic heterocycles. The molecule has 2 rings (SSSR count). The van der Waals surface area contributed by atoms with Crippen molar-refractivity contribution in [3.05, 3.63) is 72.3 Å². The van der Waals surface area contributed by atoms with Crippen LogP contribution in [-0.4, -0.2) is 20.3 Å². The molecule has 3 nitrogen and oxygen atoms in total. The van der Waals surface area contributed by atoms with Gasteiger partial charge in [0.2, 0.25) is 0 Å². The van der Waals surface area contributed by atoms with E-state index in [1.807, 2.05) is 30.3 Å². The molecule has 0 spiro atoms. The van der Waals surface area contributed by atoms with Gasteiger partial charge in [0.1, 0.15) is 11.5 Å². The first-order chi connectivity index (χ1) is 10.8. The number of ether oxygens (including phenoxy) is 2. The maximum Gasteiger partial charge on any atom is 0.127 e. The number of rotatable bonds is 8. The van der Waals surface area contributed by atoms with Crippen LogP contribution in [0, 0.1) is 0 Å². The van der Waals surface area contributed by atoms with Crippen LogP contribution in [0.4, 0.5) is 0 Å². The van der Waals surface area contributed by atoms with Gasteiger partial charge < -0.3 is 14.8 Å². The van der Waals surface area contributed by atoms with Crippen LogP contribution in [0.5, 0.6) is 11.5 Å². The Bertz CT molecular complexity index is 596. The summed E-state index contributed by atoms with van der Waals surface area (Å²) in [6.45, 7) is 4.64. The molecule has 0 fully saturated rings. The molecule has 0 aliphatic carbocycles. The third-order valence-corrected chi connectivity index (χ3v) is 3.63. The molecule has 0 saturated heterocycles. The van der Waals surface area contributed by atoms with Crippen LogP contribution in [0.1, 0.15) is 11.1 Å². The van der Waals surface area contributed by atoms with Gasteiger partial charge in [-0.3, -0.25) is 0 Å². The molecule has 0 bridgehead atoms. The molecule has 116 valence electrons. The number of hydrogen-bond acceptors (Lipinski definition) is 3. The summed E-state index contributed by atoms with van der Waals surface area (Å²) in [6, 6.07) is 16.5. The van der Waals surface area contributed by atoms with Crippen LogP contribution < -0.4 is 14.8 Å². The van der Waals surface area contributed by atoms with Crippen molar-refractivity contribution in [1.82, 2.24) is 5.32 Å². The standard InChI is InChI=1S/C19H23NO2/c1-4-17(12-15-8-6-5-7-9-15)20-14-16-10-11-18(21-2)13-19(16)22-3/h4-11,13,17,20H,1,12,14H2,2-3H3/t17-/m1/s1. The Morgan fingerprint density at radius 1 is 1.09 bits per heavy atom. The monoisotopic (exact) mass is 297 g/mol. The lowest BCUT2D eigenvalue weighted by atomic mass is 10.1. The van der Waals surface area contributed by atoms with Crippen LogP contribution in [0.3, 0.4) is 0 Å². The fraction of sp³-hybridized carbons (Fsp3) is 0.263. The second-order valence-electron chi connectivity index (χ2n) is 5.09. The summed E-state index contributed by atoms with van der Waals surface area (Å²) >= 11 is 0. The summed E-state index contributed by atoms with van der Waals surface area (Å²) in [4.78, 5) is 0. The van der Waals surface area contributed by atoms with E-state index in [0.29, 0.717) is 0 Å². The normalized spacial score (nSPS) is 11.7. The zero-order valence-corrected chi connectivity index (χ0v) is 13.2. The molecule has 22 heavy (non-hydrogen) atoms. The second-order valence-corrected chi connectivity index (χ2v) is 5.09. The van der Waals surface area contributed by atoms with Gasteiger partial charge in [-0.05, 0) is 18.1 Å². The predicted molar refractivity (Wildman–Crippen MR) is 90.5 cm³/mol. The minimum absolute atomic E-state index is 0.217. The SMILES string of the molecule is C=C[C@H](Cc1ccccc1)NCc1ccc(OC)cc1OC. The number of benzene rings is 2. The number of nitrogens with one attached hydrogen (secondary N) is 1.